The molecule has 0 radical (unpaired) electrons. The van der Waals surface area contributed by atoms with Crippen LogP contribution in [0.15, 0.2) is 40.9 Å². The number of rotatable bonds is 10. The van der Waals surface area contributed by atoms with Crippen molar-refractivity contribution in [2.45, 2.75) is 70.6 Å². The Morgan fingerprint density at radius 2 is 1.89 bits per heavy atom. The molecule has 0 saturated heterocycles. The van der Waals surface area contributed by atoms with Gasteiger partial charge in [-0.2, -0.15) is 5.10 Å². The molecule has 1 N–H and O–H groups in total. The van der Waals surface area contributed by atoms with Crippen molar-refractivity contribution in [1.82, 2.24) is 14.8 Å². The van der Waals surface area contributed by atoms with Crippen molar-refractivity contribution in [2.24, 2.45) is 7.05 Å². The Labute approximate surface area is 215 Å². The van der Waals surface area contributed by atoms with E-state index in [-0.39, 0.29) is 12.3 Å². The summed E-state index contributed by atoms with van der Waals surface area (Å²) in [7, 11) is 1.86. The van der Waals surface area contributed by atoms with Gasteiger partial charge in [-0.3, -0.25) is 9.78 Å². The average Bonchev–Trinajstić information content (AvgIpc) is 3.16. The van der Waals surface area contributed by atoms with Crippen molar-refractivity contribution in [3.8, 4) is 5.88 Å². The Hall–Kier alpha value is -2.67. The molecule has 6 nitrogen and oxygen atoms in total. The first kappa shape index (κ1) is 25.4. The van der Waals surface area contributed by atoms with E-state index >= 15 is 0 Å². The molecule has 1 atom stereocenters. The van der Waals surface area contributed by atoms with Gasteiger partial charge in [-0.05, 0) is 78.8 Å². The van der Waals surface area contributed by atoms with Crippen molar-refractivity contribution in [3.05, 3.63) is 74.6 Å². The van der Waals surface area contributed by atoms with Gasteiger partial charge >= 0.3 is 5.97 Å². The molecule has 0 fully saturated rings. The summed E-state index contributed by atoms with van der Waals surface area (Å²) < 4.78 is 8.74. The third-order valence-electron chi connectivity index (χ3n) is 6.69. The lowest BCUT2D eigenvalue weighted by atomic mass is 9.88. The largest absolute Gasteiger partial charge is 0.481 e. The highest BCUT2D eigenvalue weighted by molar-refractivity contribution is 9.10. The summed E-state index contributed by atoms with van der Waals surface area (Å²) >= 11 is 3.59. The molecule has 1 aliphatic carbocycles. The zero-order valence-corrected chi connectivity index (χ0v) is 22.3. The number of pyridine rings is 1. The summed E-state index contributed by atoms with van der Waals surface area (Å²) in [6.45, 7) is 4.80. The Morgan fingerprint density at radius 3 is 2.66 bits per heavy atom. The zero-order valence-electron chi connectivity index (χ0n) is 20.8. The molecular formula is C28H34BrN3O3. The van der Waals surface area contributed by atoms with Gasteiger partial charge in [0.1, 0.15) is 0 Å². The number of ether oxygens (including phenoxy) is 1. The number of carboxylic acid groups (broad SMARTS) is 1. The number of hydrogen-bond donors (Lipinski definition) is 1. The third kappa shape index (κ3) is 6.72. The third-order valence-corrected chi connectivity index (χ3v) is 7.15. The normalized spacial score (nSPS) is 14.1. The van der Waals surface area contributed by atoms with Gasteiger partial charge in [0.15, 0.2) is 0 Å². The molecule has 2 heterocycles. The molecule has 0 saturated carbocycles. The summed E-state index contributed by atoms with van der Waals surface area (Å²) in [5.74, 6) is 0.0521. The second-order valence-corrected chi connectivity index (χ2v) is 10.7. The number of fused-ring (bicyclic) bond motifs is 1. The first-order chi connectivity index (χ1) is 16.8. The Bertz CT molecular complexity index is 1190. The van der Waals surface area contributed by atoms with Gasteiger partial charge in [-0.15, -0.1) is 0 Å². The number of carbonyl (C=O) groups is 1. The first-order valence-electron chi connectivity index (χ1n) is 12.4. The van der Waals surface area contributed by atoms with Crippen LogP contribution in [0.4, 0.5) is 0 Å². The molecule has 0 spiro atoms. The van der Waals surface area contributed by atoms with Crippen LogP contribution in [0.25, 0.3) is 0 Å². The highest BCUT2D eigenvalue weighted by Gasteiger charge is 2.20. The highest BCUT2D eigenvalue weighted by atomic mass is 79.9. The van der Waals surface area contributed by atoms with E-state index in [4.69, 9.17) is 9.72 Å². The lowest BCUT2D eigenvalue weighted by molar-refractivity contribution is -0.137. The zero-order chi connectivity index (χ0) is 24.9. The lowest BCUT2D eigenvalue weighted by Gasteiger charge is -2.17. The van der Waals surface area contributed by atoms with Crippen LogP contribution in [0.3, 0.4) is 0 Å². The Kier molecular flexibility index (Phi) is 8.26. The highest BCUT2D eigenvalue weighted by Crippen LogP contribution is 2.31. The van der Waals surface area contributed by atoms with E-state index in [1.54, 1.807) is 4.68 Å². The second-order valence-electron chi connectivity index (χ2n) is 9.78. The molecule has 1 aromatic carbocycles. The molecule has 1 aliphatic rings. The summed E-state index contributed by atoms with van der Waals surface area (Å²) in [6, 6.07) is 12.5. The maximum atomic E-state index is 11.6. The first-order valence-corrected chi connectivity index (χ1v) is 13.2. The molecule has 7 heteroatoms. The van der Waals surface area contributed by atoms with Gasteiger partial charge in [0.25, 0.3) is 0 Å². The number of carboxylic acids is 1. The lowest BCUT2D eigenvalue weighted by Crippen LogP contribution is -2.11. The van der Waals surface area contributed by atoms with Crippen LogP contribution in [0, 0.1) is 0 Å². The van der Waals surface area contributed by atoms with E-state index in [1.165, 1.54) is 29.7 Å². The topological polar surface area (TPSA) is 77.2 Å². The number of halogens is 1. The van der Waals surface area contributed by atoms with Gasteiger partial charge in [0.05, 0.1) is 18.7 Å². The van der Waals surface area contributed by atoms with E-state index < -0.39 is 5.97 Å². The van der Waals surface area contributed by atoms with E-state index in [2.05, 4.69) is 59.1 Å². The molecular weight excluding hydrogens is 506 g/mol. The minimum atomic E-state index is -0.814. The summed E-state index contributed by atoms with van der Waals surface area (Å²) in [4.78, 5) is 16.5. The number of nitrogens with zero attached hydrogens (tertiary/aromatic N) is 3. The maximum absolute atomic E-state index is 11.6. The van der Waals surface area contributed by atoms with E-state index in [1.807, 2.05) is 19.2 Å². The molecule has 0 amide bonds. The monoisotopic (exact) mass is 539 g/mol. The van der Waals surface area contributed by atoms with Crippen LogP contribution in [0.2, 0.25) is 0 Å². The van der Waals surface area contributed by atoms with Crippen LogP contribution in [-0.4, -0.2) is 32.4 Å². The number of aromatic nitrogens is 3. The van der Waals surface area contributed by atoms with Crippen molar-refractivity contribution in [3.63, 3.8) is 0 Å². The minimum absolute atomic E-state index is 0.0464. The van der Waals surface area contributed by atoms with Crippen molar-refractivity contribution < 1.29 is 14.6 Å². The van der Waals surface area contributed by atoms with Crippen LogP contribution in [-0.2, 0) is 37.5 Å². The number of aliphatic carboxylic acids is 1. The van der Waals surface area contributed by atoms with Crippen LogP contribution in [0.1, 0.15) is 78.7 Å². The van der Waals surface area contributed by atoms with Crippen molar-refractivity contribution in [1.29, 1.82) is 0 Å². The standard InChI is InChI=1S/C28H34BrN3O3/c1-18(2)20-12-21(14-23(29)13-20)22(16-28(33)34)15-25-17-27(32(3)31-25)35-11-10-24-9-8-19-6-4-5-7-26(19)30-24/h8-9,12-14,17-18,22H,4-7,10-11,15-16H2,1-3H3,(H,33,34). The smallest absolute Gasteiger partial charge is 0.303 e. The fourth-order valence-corrected chi connectivity index (χ4v) is 5.27. The molecule has 186 valence electrons. The van der Waals surface area contributed by atoms with E-state index in [0.717, 1.165) is 40.7 Å². The fourth-order valence-electron chi connectivity index (χ4n) is 4.74. The minimum Gasteiger partial charge on any atom is -0.481 e. The molecule has 2 aromatic heterocycles. The van der Waals surface area contributed by atoms with Gasteiger partial charge in [-0.25, -0.2) is 4.68 Å². The molecule has 4 rings (SSSR count). The van der Waals surface area contributed by atoms with E-state index in [9.17, 15) is 9.90 Å². The molecule has 1 unspecified atom stereocenters. The average molecular weight is 541 g/mol. The van der Waals surface area contributed by atoms with Crippen LogP contribution >= 0.6 is 15.9 Å². The Balaban J connectivity index is 1.43. The predicted molar refractivity (Wildman–Crippen MR) is 140 cm³/mol. The fraction of sp³-hybridized carbons (Fsp3) is 0.464. The molecule has 0 bridgehead atoms. The molecule has 3 aromatic rings. The predicted octanol–water partition coefficient (Wildman–Crippen LogP) is 6.00. The summed E-state index contributed by atoms with van der Waals surface area (Å²) in [5.41, 5.74) is 6.72. The van der Waals surface area contributed by atoms with Crippen LogP contribution < -0.4 is 4.74 Å². The summed E-state index contributed by atoms with van der Waals surface area (Å²) in [5, 5.41) is 14.2. The van der Waals surface area contributed by atoms with Gasteiger partial charge in [-0.1, -0.05) is 41.9 Å². The Morgan fingerprint density at radius 1 is 1.11 bits per heavy atom. The SMILES string of the molecule is CC(C)c1cc(Br)cc(C(CC(=O)O)Cc2cc(OCCc3ccc4c(n3)CCCC4)n(C)n2)c1. The molecule has 0 aliphatic heterocycles. The van der Waals surface area contributed by atoms with Gasteiger partial charge in [0.2, 0.25) is 5.88 Å². The van der Waals surface area contributed by atoms with Crippen LogP contribution in [0.5, 0.6) is 5.88 Å². The van der Waals surface area contributed by atoms with Gasteiger partial charge in [0, 0.05) is 35.4 Å². The van der Waals surface area contributed by atoms with Gasteiger partial charge < -0.3 is 9.84 Å². The van der Waals surface area contributed by atoms with E-state index in [0.29, 0.717) is 24.8 Å². The number of hydrogen-bond acceptors (Lipinski definition) is 4. The van der Waals surface area contributed by atoms with Crippen molar-refractivity contribution >= 4 is 21.9 Å². The molecule has 35 heavy (non-hydrogen) atoms. The van der Waals surface area contributed by atoms with Crippen molar-refractivity contribution in [2.75, 3.05) is 6.61 Å². The maximum Gasteiger partial charge on any atom is 0.303 e. The number of aryl methyl sites for hydroxylation is 3. The quantitative estimate of drug-likeness (QED) is 0.341. The summed E-state index contributed by atoms with van der Waals surface area (Å²) in [6.07, 6.45) is 6.01. The second kappa shape index (κ2) is 11.4. The number of benzene rings is 1.